The molecule has 0 unspecified atom stereocenters. The van der Waals surface area contributed by atoms with Gasteiger partial charge in [-0.05, 0) is 0 Å². The fourth-order valence-corrected chi connectivity index (χ4v) is 1.60. The minimum atomic E-state index is -4.51. The van der Waals surface area contributed by atoms with Crippen LogP contribution in [0.2, 0.25) is 0 Å². The van der Waals surface area contributed by atoms with Crippen LogP contribution in [0.1, 0.15) is 32.2 Å². The van der Waals surface area contributed by atoms with Gasteiger partial charge in [0.1, 0.15) is 0 Å². The monoisotopic (exact) mass is 273 g/mol. The fraction of sp³-hybridized carbons (Fsp3) is 0.500. The lowest BCUT2D eigenvalue weighted by atomic mass is 9.93. The van der Waals surface area contributed by atoms with E-state index < -0.39 is 11.9 Å². The van der Waals surface area contributed by atoms with E-state index in [-0.39, 0.29) is 16.9 Å². The Kier molecular flexibility index (Phi) is 2.95. The summed E-state index contributed by atoms with van der Waals surface area (Å²) in [4.78, 5) is 3.58. The molecule has 2 heterocycles. The van der Waals surface area contributed by atoms with E-state index >= 15 is 0 Å². The van der Waals surface area contributed by atoms with Crippen molar-refractivity contribution in [1.82, 2.24) is 14.6 Å². The summed E-state index contributed by atoms with van der Waals surface area (Å²) in [7, 11) is 1.30. The molecule has 7 heteroatoms. The van der Waals surface area contributed by atoms with Crippen LogP contribution in [0, 0.1) is 0 Å². The third-order valence-corrected chi connectivity index (χ3v) is 2.66. The number of alkyl halides is 3. The van der Waals surface area contributed by atoms with Crippen molar-refractivity contribution in [3.8, 4) is 5.88 Å². The third-order valence-electron chi connectivity index (χ3n) is 2.66. The van der Waals surface area contributed by atoms with Crippen LogP contribution in [-0.2, 0) is 11.6 Å². The van der Waals surface area contributed by atoms with Gasteiger partial charge in [-0.3, -0.25) is 0 Å². The van der Waals surface area contributed by atoms with E-state index in [9.17, 15) is 13.2 Å². The van der Waals surface area contributed by atoms with Gasteiger partial charge >= 0.3 is 6.18 Å². The minimum absolute atomic E-state index is 0.00725. The van der Waals surface area contributed by atoms with Crippen LogP contribution >= 0.6 is 0 Å². The van der Waals surface area contributed by atoms with Crippen molar-refractivity contribution >= 4 is 5.65 Å². The smallest absolute Gasteiger partial charge is 0.433 e. The molecule has 0 atom stereocenters. The molecule has 0 amide bonds. The summed E-state index contributed by atoms with van der Waals surface area (Å²) in [5.41, 5.74) is -0.497. The van der Waals surface area contributed by atoms with E-state index in [0.29, 0.717) is 5.69 Å². The van der Waals surface area contributed by atoms with Crippen molar-refractivity contribution in [3.63, 3.8) is 0 Å². The summed E-state index contributed by atoms with van der Waals surface area (Å²) >= 11 is 0. The predicted octanol–water partition coefficient (Wildman–Crippen LogP) is 3.05. The summed E-state index contributed by atoms with van der Waals surface area (Å²) < 4.78 is 44.4. The van der Waals surface area contributed by atoms with Crippen LogP contribution in [0.25, 0.3) is 5.65 Å². The molecule has 0 saturated heterocycles. The second kappa shape index (κ2) is 4.11. The van der Waals surface area contributed by atoms with Crippen molar-refractivity contribution in [2.24, 2.45) is 0 Å². The summed E-state index contributed by atoms with van der Waals surface area (Å²) in [5, 5.41) is 4.24. The molecule has 4 nitrogen and oxygen atoms in total. The summed E-state index contributed by atoms with van der Waals surface area (Å²) in [6, 6.07) is 2.38. The first-order chi connectivity index (χ1) is 8.63. The second-order valence-corrected chi connectivity index (χ2v) is 5.23. The molecule has 0 N–H and O–H groups in total. The van der Waals surface area contributed by atoms with Crippen LogP contribution in [0.3, 0.4) is 0 Å². The summed E-state index contributed by atoms with van der Waals surface area (Å²) in [6.45, 7) is 5.77. The van der Waals surface area contributed by atoms with Gasteiger partial charge in [0.25, 0.3) is 0 Å². The molecule has 0 radical (unpaired) electrons. The highest BCUT2D eigenvalue weighted by atomic mass is 19.4. The molecule has 0 aromatic carbocycles. The van der Waals surface area contributed by atoms with E-state index in [1.54, 1.807) is 0 Å². The fourth-order valence-electron chi connectivity index (χ4n) is 1.60. The highest BCUT2D eigenvalue weighted by Gasteiger charge is 2.34. The van der Waals surface area contributed by atoms with Crippen molar-refractivity contribution < 1.29 is 17.9 Å². The molecule has 19 heavy (non-hydrogen) atoms. The Morgan fingerprint density at radius 2 is 1.74 bits per heavy atom. The first-order valence-corrected chi connectivity index (χ1v) is 5.65. The topological polar surface area (TPSA) is 39.4 Å². The minimum Gasteiger partial charge on any atom is -0.481 e. The Labute approximate surface area is 108 Å². The third kappa shape index (κ3) is 2.50. The first kappa shape index (κ1) is 13.6. The van der Waals surface area contributed by atoms with Gasteiger partial charge in [-0.2, -0.15) is 22.8 Å². The first-order valence-electron chi connectivity index (χ1n) is 5.65. The molecule has 2 aromatic heterocycles. The molecule has 104 valence electrons. The standard InChI is InChI=1S/C12H14F3N3O/c1-11(2,3)7-5-9-16-8(12(13,14)15)6-10(19-4)18(9)17-7/h5-6H,1-4H3. The van der Waals surface area contributed by atoms with Gasteiger partial charge < -0.3 is 4.74 Å². The Morgan fingerprint density at radius 3 is 2.21 bits per heavy atom. The number of methoxy groups -OCH3 is 1. The van der Waals surface area contributed by atoms with Gasteiger partial charge in [-0.1, -0.05) is 20.8 Å². The molecule has 0 bridgehead atoms. The lowest BCUT2D eigenvalue weighted by Gasteiger charge is -2.13. The molecule has 0 saturated carbocycles. The van der Waals surface area contributed by atoms with Crippen LogP contribution in [0.5, 0.6) is 5.88 Å². The van der Waals surface area contributed by atoms with E-state index in [2.05, 4.69) is 10.1 Å². The number of nitrogens with zero attached hydrogens (tertiary/aromatic N) is 3. The molecule has 0 aliphatic rings. The van der Waals surface area contributed by atoms with Crippen LogP contribution in [-0.4, -0.2) is 21.7 Å². The second-order valence-electron chi connectivity index (χ2n) is 5.23. The van der Waals surface area contributed by atoms with Crippen LogP contribution in [0.15, 0.2) is 12.1 Å². The van der Waals surface area contributed by atoms with Crippen molar-refractivity contribution in [2.75, 3.05) is 7.11 Å². The zero-order valence-electron chi connectivity index (χ0n) is 11.0. The Bertz CT molecular complexity index is 611. The van der Waals surface area contributed by atoms with Crippen LogP contribution < -0.4 is 4.74 Å². The van der Waals surface area contributed by atoms with E-state index in [4.69, 9.17) is 4.74 Å². The maximum atomic E-state index is 12.7. The average molecular weight is 273 g/mol. The molecule has 2 aromatic rings. The SMILES string of the molecule is COc1cc(C(F)(F)F)nc2cc(C(C)(C)C)nn12. The molecular weight excluding hydrogens is 259 g/mol. The Hall–Kier alpha value is -1.79. The number of rotatable bonds is 1. The molecule has 0 spiro atoms. The van der Waals surface area contributed by atoms with E-state index in [1.807, 2.05) is 20.8 Å². The quantitative estimate of drug-likeness (QED) is 0.801. The highest BCUT2D eigenvalue weighted by molar-refractivity contribution is 5.45. The van der Waals surface area contributed by atoms with E-state index in [1.165, 1.54) is 17.7 Å². The van der Waals surface area contributed by atoms with Gasteiger partial charge in [0.05, 0.1) is 12.8 Å². The van der Waals surface area contributed by atoms with Crippen molar-refractivity contribution in [2.45, 2.75) is 32.4 Å². The highest BCUT2D eigenvalue weighted by Crippen LogP contribution is 2.31. The Morgan fingerprint density at radius 1 is 1.11 bits per heavy atom. The summed E-state index contributed by atoms with van der Waals surface area (Å²) in [5.74, 6) is 0.00725. The average Bonchev–Trinajstić information content (AvgIpc) is 2.69. The maximum Gasteiger partial charge on any atom is 0.433 e. The normalized spacial score (nSPS) is 13.0. The number of halogens is 3. The van der Waals surface area contributed by atoms with Crippen molar-refractivity contribution in [3.05, 3.63) is 23.5 Å². The van der Waals surface area contributed by atoms with Gasteiger partial charge in [-0.25, -0.2) is 4.98 Å². The van der Waals surface area contributed by atoms with E-state index in [0.717, 1.165) is 6.07 Å². The molecule has 0 aliphatic heterocycles. The number of ether oxygens (including phenoxy) is 1. The van der Waals surface area contributed by atoms with Crippen molar-refractivity contribution in [1.29, 1.82) is 0 Å². The molecule has 0 fully saturated rings. The zero-order chi connectivity index (χ0) is 14.4. The number of hydrogen-bond acceptors (Lipinski definition) is 3. The number of aromatic nitrogens is 3. The van der Waals surface area contributed by atoms with Gasteiger partial charge in [0.2, 0.25) is 5.88 Å². The Balaban J connectivity index is 2.70. The lowest BCUT2D eigenvalue weighted by Crippen LogP contribution is -2.12. The van der Waals surface area contributed by atoms with Crippen LogP contribution in [0.4, 0.5) is 13.2 Å². The molecule has 0 aliphatic carbocycles. The largest absolute Gasteiger partial charge is 0.481 e. The van der Waals surface area contributed by atoms with Gasteiger partial charge in [-0.15, -0.1) is 0 Å². The molecular formula is C12H14F3N3O. The number of fused-ring (bicyclic) bond motifs is 1. The maximum absolute atomic E-state index is 12.7. The van der Waals surface area contributed by atoms with Gasteiger partial charge in [0, 0.05) is 17.5 Å². The predicted molar refractivity (Wildman–Crippen MR) is 63.2 cm³/mol. The number of hydrogen-bond donors (Lipinski definition) is 0. The lowest BCUT2D eigenvalue weighted by molar-refractivity contribution is -0.141. The molecule has 2 rings (SSSR count). The summed E-state index contributed by atoms with van der Waals surface area (Å²) in [6.07, 6.45) is -4.51. The zero-order valence-corrected chi connectivity index (χ0v) is 11.0. The van der Waals surface area contributed by atoms with Gasteiger partial charge in [0.15, 0.2) is 11.3 Å².